The van der Waals surface area contributed by atoms with Gasteiger partial charge in [0.2, 0.25) is 0 Å². The number of esters is 1. The summed E-state index contributed by atoms with van der Waals surface area (Å²) in [4.78, 5) is 11.4. The summed E-state index contributed by atoms with van der Waals surface area (Å²) in [5.74, 6) is -0.588. The summed E-state index contributed by atoms with van der Waals surface area (Å²) in [5, 5.41) is 9.85. The van der Waals surface area contributed by atoms with Crippen LogP contribution in [0.2, 0.25) is 0 Å². The third-order valence-corrected chi connectivity index (χ3v) is 3.08. The van der Waals surface area contributed by atoms with Crippen LogP contribution in [0.5, 0.6) is 5.75 Å². The minimum absolute atomic E-state index is 0.0332. The van der Waals surface area contributed by atoms with Crippen molar-refractivity contribution >= 4 is 21.9 Å². The zero-order valence-electron chi connectivity index (χ0n) is 10.0. The third-order valence-electron chi connectivity index (χ3n) is 2.32. The second kappa shape index (κ2) is 6.15. The summed E-state index contributed by atoms with van der Waals surface area (Å²) in [6.07, 6.45) is -1.66. The van der Waals surface area contributed by atoms with Gasteiger partial charge in [-0.2, -0.15) is 0 Å². The van der Waals surface area contributed by atoms with Crippen molar-refractivity contribution in [3.63, 3.8) is 0 Å². The highest BCUT2D eigenvalue weighted by molar-refractivity contribution is 9.10. The molecule has 2 atom stereocenters. The lowest BCUT2D eigenvalue weighted by Crippen LogP contribution is -2.35. The minimum atomic E-state index is -2.67. The van der Waals surface area contributed by atoms with Crippen LogP contribution in [-0.4, -0.2) is 29.4 Å². The molecule has 0 aliphatic rings. The van der Waals surface area contributed by atoms with Gasteiger partial charge in [0.05, 0.1) is 13.7 Å². The highest BCUT2D eigenvalue weighted by Gasteiger charge is 2.45. The van der Waals surface area contributed by atoms with E-state index in [1.807, 2.05) is 0 Å². The van der Waals surface area contributed by atoms with Crippen LogP contribution in [0.15, 0.2) is 24.3 Å². The molecule has 0 saturated heterocycles. The Hall–Kier alpha value is -1.14. The van der Waals surface area contributed by atoms with Gasteiger partial charge in [0.15, 0.2) is 0 Å². The molecule has 0 saturated carbocycles. The van der Waals surface area contributed by atoms with Gasteiger partial charge in [0.25, 0.3) is 4.58 Å². The van der Waals surface area contributed by atoms with Gasteiger partial charge in [-0.3, -0.25) is 0 Å². The van der Waals surface area contributed by atoms with E-state index in [0.717, 1.165) is 0 Å². The first-order valence-electron chi connectivity index (χ1n) is 5.30. The van der Waals surface area contributed by atoms with Crippen molar-refractivity contribution in [2.45, 2.75) is 17.6 Å². The first-order chi connectivity index (χ1) is 8.43. The zero-order chi connectivity index (χ0) is 13.8. The van der Waals surface area contributed by atoms with Crippen LogP contribution in [0.1, 0.15) is 18.6 Å². The summed E-state index contributed by atoms with van der Waals surface area (Å²) >= 11 is 2.56. The molecule has 0 spiro atoms. The molecule has 0 amide bonds. The Morgan fingerprint density at radius 1 is 1.50 bits per heavy atom. The lowest BCUT2D eigenvalue weighted by atomic mass is 10.1. The molecule has 0 heterocycles. The summed E-state index contributed by atoms with van der Waals surface area (Å²) in [7, 11) is 1.49. The maximum atomic E-state index is 14.1. The molecule has 6 heteroatoms. The van der Waals surface area contributed by atoms with Crippen molar-refractivity contribution in [1.82, 2.24) is 0 Å². The van der Waals surface area contributed by atoms with Crippen molar-refractivity contribution in [2.75, 3.05) is 13.7 Å². The molecule has 0 aromatic heterocycles. The smallest absolute Gasteiger partial charge is 0.358 e. The number of rotatable bonds is 5. The molecule has 1 rings (SSSR count). The fraction of sp³-hybridized carbons (Fsp3) is 0.417. The fourth-order valence-electron chi connectivity index (χ4n) is 1.33. The number of hydrogen-bond acceptors (Lipinski definition) is 4. The van der Waals surface area contributed by atoms with Gasteiger partial charge in [-0.1, -0.05) is 12.1 Å². The summed E-state index contributed by atoms with van der Waals surface area (Å²) in [6, 6.07) is 6.07. The van der Waals surface area contributed by atoms with E-state index in [9.17, 15) is 14.3 Å². The molecule has 1 N–H and O–H groups in total. The van der Waals surface area contributed by atoms with Gasteiger partial charge < -0.3 is 14.6 Å². The zero-order valence-corrected chi connectivity index (χ0v) is 11.6. The molecule has 0 aliphatic heterocycles. The molecular weight excluding hydrogens is 307 g/mol. The number of ether oxygens (including phenoxy) is 2. The van der Waals surface area contributed by atoms with Crippen LogP contribution in [0, 0.1) is 0 Å². The van der Waals surface area contributed by atoms with Gasteiger partial charge in [0.1, 0.15) is 11.9 Å². The largest absolute Gasteiger partial charge is 0.497 e. The Balaban J connectivity index is 2.90. The fourth-order valence-corrected chi connectivity index (χ4v) is 1.71. The number of carbonyl (C=O) groups excluding carboxylic acids is 1. The number of methoxy groups -OCH3 is 1. The van der Waals surface area contributed by atoms with Gasteiger partial charge >= 0.3 is 5.97 Å². The van der Waals surface area contributed by atoms with Crippen LogP contribution in [0.25, 0.3) is 0 Å². The van der Waals surface area contributed by atoms with E-state index in [0.29, 0.717) is 5.75 Å². The van der Waals surface area contributed by atoms with Crippen LogP contribution in [-0.2, 0) is 9.53 Å². The minimum Gasteiger partial charge on any atom is -0.497 e. The average Bonchev–Trinajstić information content (AvgIpc) is 2.38. The van der Waals surface area contributed by atoms with E-state index < -0.39 is 16.7 Å². The molecule has 1 aromatic rings. The SMILES string of the molecule is CCOC(=O)[C@](F)(Br)[C@@H](O)c1ccc(OC)cc1. The van der Waals surface area contributed by atoms with E-state index >= 15 is 0 Å². The lowest BCUT2D eigenvalue weighted by Gasteiger charge is -2.22. The molecule has 0 aliphatic carbocycles. The Morgan fingerprint density at radius 2 is 2.06 bits per heavy atom. The molecular formula is C12H14BrFO4. The van der Waals surface area contributed by atoms with Gasteiger partial charge in [-0.15, -0.1) is 0 Å². The first-order valence-corrected chi connectivity index (χ1v) is 6.09. The third kappa shape index (κ3) is 3.20. The standard InChI is InChI=1S/C12H14BrFO4/c1-3-18-11(16)12(13,14)10(15)8-4-6-9(17-2)7-5-8/h4-7,10,15H,3H2,1-2H3/t10-,12-/m0/s1. The van der Waals surface area contributed by atoms with Crippen LogP contribution in [0.4, 0.5) is 4.39 Å². The van der Waals surface area contributed by atoms with Crippen molar-refractivity contribution in [2.24, 2.45) is 0 Å². The molecule has 4 nitrogen and oxygen atoms in total. The Bertz CT molecular complexity index is 405. The first kappa shape index (κ1) is 14.9. The highest BCUT2D eigenvalue weighted by Crippen LogP contribution is 2.37. The van der Waals surface area contributed by atoms with Gasteiger partial charge in [-0.25, -0.2) is 9.18 Å². The van der Waals surface area contributed by atoms with Crippen LogP contribution < -0.4 is 4.74 Å². The Morgan fingerprint density at radius 3 is 2.50 bits per heavy atom. The normalized spacial score (nSPS) is 15.6. The molecule has 100 valence electrons. The van der Waals surface area contributed by atoms with Crippen molar-refractivity contribution < 1.29 is 23.8 Å². The maximum absolute atomic E-state index is 14.1. The monoisotopic (exact) mass is 320 g/mol. The molecule has 0 unspecified atom stereocenters. The molecule has 0 fully saturated rings. The number of aliphatic hydroxyl groups excluding tert-OH is 1. The number of aliphatic hydroxyl groups is 1. The van der Waals surface area contributed by atoms with E-state index in [1.165, 1.54) is 19.2 Å². The van der Waals surface area contributed by atoms with Crippen LogP contribution in [0.3, 0.4) is 0 Å². The second-order valence-corrected chi connectivity index (χ2v) is 4.67. The number of hydrogen-bond donors (Lipinski definition) is 1. The second-order valence-electron chi connectivity index (χ2n) is 3.52. The summed E-state index contributed by atoms with van der Waals surface area (Å²) < 4.78 is 20.9. The maximum Gasteiger partial charge on any atom is 0.358 e. The van der Waals surface area contributed by atoms with Crippen molar-refractivity contribution in [3.05, 3.63) is 29.8 Å². The van der Waals surface area contributed by atoms with E-state index in [4.69, 9.17) is 4.74 Å². The number of alkyl halides is 2. The molecule has 18 heavy (non-hydrogen) atoms. The van der Waals surface area contributed by atoms with Crippen molar-refractivity contribution in [1.29, 1.82) is 0 Å². The highest BCUT2D eigenvalue weighted by atomic mass is 79.9. The van der Waals surface area contributed by atoms with E-state index in [-0.39, 0.29) is 12.2 Å². The average molecular weight is 321 g/mol. The van der Waals surface area contributed by atoms with E-state index in [2.05, 4.69) is 20.7 Å². The molecule has 0 bridgehead atoms. The molecule has 1 aromatic carbocycles. The number of halogens is 2. The van der Waals surface area contributed by atoms with Crippen molar-refractivity contribution in [3.8, 4) is 5.75 Å². The summed E-state index contributed by atoms with van der Waals surface area (Å²) in [6.45, 7) is 1.59. The molecule has 0 radical (unpaired) electrons. The summed E-state index contributed by atoms with van der Waals surface area (Å²) in [5.41, 5.74) is 0.239. The van der Waals surface area contributed by atoms with E-state index in [1.54, 1.807) is 19.1 Å². The Kier molecular flexibility index (Phi) is 5.10. The Labute approximate surface area is 113 Å². The predicted molar refractivity (Wildman–Crippen MR) is 67.4 cm³/mol. The predicted octanol–water partition coefficient (Wildman–Crippen LogP) is 2.35. The number of benzene rings is 1. The topological polar surface area (TPSA) is 55.8 Å². The number of carbonyl (C=O) groups is 1. The van der Waals surface area contributed by atoms with Crippen LogP contribution >= 0.6 is 15.9 Å². The quantitative estimate of drug-likeness (QED) is 0.668. The lowest BCUT2D eigenvalue weighted by molar-refractivity contribution is -0.156. The van der Waals surface area contributed by atoms with Gasteiger partial charge in [-0.05, 0) is 40.5 Å². The van der Waals surface area contributed by atoms with Gasteiger partial charge in [0, 0.05) is 0 Å².